The van der Waals surface area contributed by atoms with E-state index in [2.05, 4.69) is 47.6 Å². The second-order valence-electron chi connectivity index (χ2n) is 6.73. The summed E-state index contributed by atoms with van der Waals surface area (Å²) < 4.78 is 0. The first-order valence-electron chi connectivity index (χ1n) is 9.21. The van der Waals surface area contributed by atoms with Crippen molar-refractivity contribution < 1.29 is 4.79 Å². The molecule has 3 nitrogen and oxygen atoms in total. The molecule has 0 unspecified atom stereocenters. The molecule has 3 aromatic rings. The van der Waals surface area contributed by atoms with Crippen LogP contribution in [0.5, 0.6) is 0 Å². The Morgan fingerprint density at radius 2 is 1.85 bits per heavy atom. The highest BCUT2D eigenvalue weighted by atomic mass is 32.1. The Balaban J connectivity index is 1.49. The quantitative estimate of drug-likeness (QED) is 0.665. The van der Waals surface area contributed by atoms with Crippen molar-refractivity contribution in [1.82, 2.24) is 4.98 Å². The Morgan fingerprint density at radius 3 is 2.62 bits per heavy atom. The van der Waals surface area contributed by atoms with Crippen LogP contribution in [0.3, 0.4) is 0 Å². The molecule has 0 saturated carbocycles. The van der Waals surface area contributed by atoms with Crippen molar-refractivity contribution in [3.63, 3.8) is 0 Å². The fourth-order valence-corrected chi connectivity index (χ4v) is 4.13. The summed E-state index contributed by atoms with van der Waals surface area (Å²) in [6.07, 6.45) is 5.69. The molecule has 0 atom stereocenters. The van der Waals surface area contributed by atoms with Gasteiger partial charge in [-0.25, -0.2) is 4.98 Å². The van der Waals surface area contributed by atoms with Crippen LogP contribution in [0.2, 0.25) is 0 Å². The maximum absolute atomic E-state index is 12.6. The number of nitrogens with zero attached hydrogens (tertiary/aromatic N) is 1. The zero-order chi connectivity index (χ0) is 17.9. The fourth-order valence-electron chi connectivity index (χ4n) is 3.42. The second kappa shape index (κ2) is 7.42. The van der Waals surface area contributed by atoms with Gasteiger partial charge in [0.05, 0.1) is 5.69 Å². The number of carbonyl (C=O) groups excluding carboxylic acids is 1. The Hall–Kier alpha value is -2.46. The maximum atomic E-state index is 12.6. The predicted octanol–water partition coefficient (Wildman–Crippen LogP) is 5.50. The largest absolute Gasteiger partial charge is 0.298 e. The van der Waals surface area contributed by atoms with Crippen LogP contribution in [0.15, 0.2) is 47.8 Å². The number of hydrogen-bond acceptors (Lipinski definition) is 3. The SMILES string of the molecule is CCc1ccc(-c2csc(NC(=O)c3ccc4c(c3)CCCC4)n2)cc1. The lowest BCUT2D eigenvalue weighted by atomic mass is 9.90. The van der Waals surface area contributed by atoms with Crippen LogP contribution < -0.4 is 5.32 Å². The van der Waals surface area contributed by atoms with Crippen LogP contribution >= 0.6 is 11.3 Å². The zero-order valence-electron chi connectivity index (χ0n) is 14.9. The molecule has 1 heterocycles. The van der Waals surface area contributed by atoms with E-state index in [1.807, 2.05) is 17.5 Å². The number of fused-ring (bicyclic) bond motifs is 1. The average Bonchev–Trinajstić information content (AvgIpc) is 3.16. The summed E-state index contributed by atoms with van der Waals surface area (Å²) in [6.45, 7) is 2.15. The van der Waals surface area contributed by atoms with Crippen LogP contribution in [-0.4, -0.2) is 10.9 Å². The van der Waals surface area contributed by atoms with Gasteiger partial charge in [-0.1, -0.05) is 37.3 Å². The molecule has 26 heavy (non-hydrogen) atoms. The van der Waals surface area contributed by atoms with Gasteiger partial charge in [0.15, 0.2) is 5.13 Å². The number of aryl methyl sites for hydroxylation is 3. The van der Waals surface area contributed by atoms with Gasteiger partial charge in [0.1, 0.15) is 0 Å². The molecule has 1 amide bonds. The number of benzene rings is 2. The molecule has 0 radical (unpaired) electrons. The summed E-state index contributed by atoms with van der Waals surface area (Å²) >= 11 is 1.46. The van der Waals surface area contributed by atoms with Crippen molar-refractivity contribution in [1.29, 1.82) is 0 Å². The Kier molecular flexibility index (Phi) is 4.85. The van der Waals surface area contributed by atoms with Crippen LogP contribution in [0.4, 0.5) is 5.13 Å². The number of anilines is 1. The summed E-state index contributed by atoms with van der Waals surface area (Å²) in [5.41, 5.74) is 6.71. The lowest BCUT2D eigenvalue weighted by molar-refractivity contribution is 0.102. The van der Waals surface area contributed by atoms with Crippen LogP contribution in [0.25, 0.3) is 11.3 Å². The Labute approximate surface area is 158 Å². The topological polar surface area (TPSA) is 42.0 Å². The number of rotatable bonds is 4. The van der Waals surface area contributed by atoms with E-state index in [0.717, 1.165) is 36.1 Å². The van der Waals surface area contributed by atoms with E-state index in [-0.39, 0.29) is 5.91 Å². The van der Waals surface area contributed by atoms with Gasteiger partial charge in [-0.2, -0.15) is 0 Å². The van der Waals surface area contributed by atoms with Crippen LogP contribution in [0.1, 0.15) is 46.8 Å². The third kappa shape index (κ3) is 3.56. The van der Waals surface area contributed by atoms with Gasteiger partial charge in [-0.15, -0.1) is 11.3 Å². The third-order valence-corrected chi connectivity index (χ3v) is 5.75. The summed E-state index contributed by atoms with van der Waals surface area (Å²) in [4.78, 5) is 17.2. The van der Waals surface area contributed by atoms with Crippen molar-refractivity contribution in [3.05, 3.63) is 70.1 Å². The van der Waals surface area contributed by atoms with Gasteiger partial charge in [-0.05, 0) is 60.9 Å². The first kappa shape index (κ1) is 17.0. The minimum atomic E-state index is -0.0828. The van der Waals surface area contributed by atoms with Gasteiger partial charge < -0.3 is 0 Å². The normalized spacial score (nSPS) is 13.3. The van der Waals surface area contributed by atoms with Crippen molar-refractivity contribution in [2.45, 2.75) is 39.0 Å². The monoisotopic (exact) mass is 362 g/mol. The lowest BCUT2D eigenvalue weighted by Gasteiger charge is -2.16. The molecule has 0 saturated heterocycles. The van der Waals surface area contributed by atoms with Gasteiger partial charge in [0, 0.05) is 16.5 Å². The minimum Gasteiger partial charge on any atom is -0.298 e. The Bertz CT molecular complexity index is 928. The second-order valence-corrected chi connectivity index (χ2v) is 7.59. The average molecular weight is 362 g/mol. The fraction of sp³-hybridized carbons (Fsp3) is 0.273. The summed E-state index contributed by atoms with van der Waals surface area (Å²) in [5.74, 6) is -0.0828. The minimum absolute atomic E-state index is 0.0828. The number of aromatic nitrogens is 1. The first-order chi connectivity index (χ1) is 12.7. The summed E-state index contributed by atoms with van der Waals surface area (Å²) in [5, 5.41) is 5.58. The lowest BCUT2D eigenvalue weighted by Crippen LogP contribution is -2.13. The molecule has 0 spiro atoms. The summed E-state index contributed by atoms with van der Waals surface area (Å²) in [6, 6.07) is 14.5. The number of carbonyl (C=O) groups is 1. The van der Waals surface area contributed by atoms with Gasteiger partial charge >= 0.3 is 0 Å². The molecule has 1 N–H and O–H groups in total. The molecule has 1 aliphatic rings. The first-order valence-corrected chi connectivity index (χ1v) is 10.1. The van der Waals surface area contributed by atoms with Gasteiger partial charge in [-0.3, -0.25) is 10.1 Å². The van der Waals surface area contributed by atoms with Crippen LogP contribution in [-0.2, 0) is 19.3 Å². The molecule has 1 aliphatic carbocycles. The van der Waals surface area contributed by atoms with Crippen molar-refractivity contribution in [2.75, 3.05) is 5.32 Å². The summed E-state index contributed by atoms with van der Waals surface area (Å²) in [7, 11) is 0. The van der Waals surface area contributed by atoms with Crippen molar-refractivity contribution in [2.24, 2.45) is 0 Å². The van der Waals surface area contributed by atoms with E-state index in [0.29, 0.717) is 5.13 Å². The molecular formula is C22H22N2OS. The van der Waals surface area contributed by atoms with Gasteiger partial charge in [0.2, 0.25) is 0 Å². The molecule has 0 bridgehead atoms. The van der Waals surface area contributed by atoms with E-state index in [4.69, 9.17) is 0 Å². The van der Waals surface area contributed by atoms with E-state index in [1.165, 1.54) is 40.9 Å². The van der Waals surface area contributed by atoms with E-state index < -0.39 is 0 Å². The van der Waals surface area contributed by atoms with Crippen LogP contribution in [0, 0.1) is 0 Å². The number of amides is 1. The molecule has 4 rings (SSSR count). The predicted molar refractivity (Wildman–Crippen MR) is 108 cm³/mol. The van der Waals surface area contributed by atoms with E-state index >= 15 is 0 Å². The van der Waals surface area contributed by atoms with Gasteiger partial charge in [0.25, 0.3) is 5.91 Å². The molecular weight excluding hydrogens is 340 g/mol. The number of nitrogens with one attached hydrogen (secondary N) is 1. The Morgan fingerprint density at radius 1 is 1.08 bits per heavy atom. The molecule has 0 fully saturated rings. The molecule has 1 aromatic heterocycles. The van der Waals surface area contributed by atoms with E-state index in [9.17, 15) is 4.79 Å². The highest BCUT2D eigenvalue weighted by molar-refractivity contribution is 7.14. The van der Waals surface area contributed by atoms with Crippen molar-refractivity contribution in [3.8, 4) is 11.3 Å². The standard InChI is InChI=1S/C22H22N2OS/c1-2-15-7-9-17(10-8-15)20-14-26-22(23-20)24-21(25)19-12-11-16-5-3-4-6-18(16)13-19/h7-14H,2-6H2,1H3,(H,23,24,25). The maximum Gasteiger partial charge on any atom is 0.257 e. The molecule has 0 aliphatic heterocycles. The number of thiazole rings is 1. The number of hydrogen-bond donors (Lipinski definition) is 1. The molecule has 4 heteroatoms. The molecule has 2 aromatic carbocycles. The highest BCUT2D eigenvalue weighted by Gasteiger charge is 2.14. The third-order valence-electron chi connectivity index (χ3n) is 4.99. The highest BCUT2D eigenvalue weighted by Crippen LogP contribution is 2.26. The zero-order valence-corrected chi connectivity index (χ0v) is 15.7. The van der Waals surface area contributed by atoms with E-state index in [1.54, 1.807) is 0 Å². The molecule has 132 valence electrons. The van der Waals surface area contributed by atoms with Crippen molar-refractivity contribution >= 4 is 22.4 Å². The smallest absolute Gasteiger partial charge is 0.257 e.